The molecule has 1 unspecified atom stereocenters. The average molecular weight is 170 g/mol. The zero-order valence-electron chi connectivity index (χ0n) is 7.34. The quantitative estimate of drug-likeness (QED) is 0.587. The smallest absolute Gasteiger partial charge is 0.306 e. The zero-order valence-corrected chi connectivity index (χ0v) is 7.34. The van der Waals surface area contributed by atoms with Crippen molar-refractivity contribution >= 4 is 11.8 Å². The van der Waals surface area contributed by atoms with Crippen LogP contribution in [-0.4, -0.2) is 18.9 Å². The summed E-state index contributed by atoms with van der Waals surface area (Å²) in [7, 11) is 1.36. The lowest BCUT2D eigenvalue weighted by Gasteiger charge is -2.18. The topological polar surface area (TPSA) is 43.4 Å². The highest BCUT2D eigenvalue weighted by molar-refractivity contribution is 5.85. The summed E-state index contributed by atoms with van der Waals surface area (Å²) in [5, 5.41) is 0. The molecule has 1 aliphatic carbocycles. The van der Waals surface area contributed by atoms with Gasteiger partial charge in [0, 0.05) is 12.3 Å². The fourth-order valence-electron chi connectivity index (χ4n) is 1.56. The molecule has 3 nitrogen and oxygen atoms in total. The largest absolute Gasteiger partial charge is 0.469 e. The van der Waals surface area contributed by atoms with Gasteiger partial charge in [-0.3, -0.25) is 9.59 Å². The maximum absolute atomic E-state index is 11.2. The van der Waals surface area contributed by atoms with Gasteiger partial charge < -0.3 is 4.74 Å². The Hall–Kier alpha value is -0.860. The summed E-state index contributed by atoms with van der Waals surface area (Å²) in [4.78, 5) is 22.1. The van der Waals surface area contributed by atoms with Crippen molar-refractivity contribution in [3.63, 3.8) is 0 Å². The second-order valence-electron chi connectivity index (χ2n) is 3.19. The molecule has 1 saturated carbocycles. The summed E-state index contributed by atoms with van der Waals surface area (Å²) < 4.78 is 4.51. The first-order valence-electron chi connectivity index (χ1n) is 4.33. The fraction of sp³-hybridized carbons (Fsp3) is 0.778. The molecule has 3 heteroatoms. The van der Waals surface area contributed by atoms with Gasteiger partial charge in [-0.15, -0.1) is 0 Å². The van der Waals surface area contributed by atoms with E-state index in [1.165, 1.54) is 7.11 Å². The Morgan fingerprint density at radius 1 is 1.58 bits per heavy atom. The number of rotatable bonds is 2. The molecule has 0 amide bonds. The van der Waals surface area contributed by atoms with E-state index in [1.807, 2.05) is 0 Å². The third kappa shape index (κ3) is 2.32. The van der Waals surface area contributed by atoms with Gasteiger partial charge in [0.05, 0.1) is 13.5 Å². The van der Waals surface area contributed by atoms with Crippen LogP contribution in [0.15, 0.2) is 0 Å². The van der Waals surface area contributed by atoms with E-state index in [2.05, 4.69) is 4.74 Å². The lowest BCUT2D eigenvalue weighted by molar-refractivity contribution is -0.144. The van der Waals surface area contributed by atoms with Crippen LogP contribution in [0, 0.1) is 5.92 Å². The van der Waals surface area contributed by atoms with Crippen LogP contribution in [0.5, 0.6) is 0 Å². The zero-order chi connectivity index (χ0) is 8.97. The van der Waals surface area contributed by atoms with E-state index in [4.69, 9.17) is 0 Å². The van der Waals surface area contributed by atoms with Crippen LogP contribution >= 0.6 is 0 Å². The molecule has 0 aromatic heterocycles. The van der Waals surface area contributed by atoms with Gasteiger partial charge in [-0.25, -0.2) is 0 Å². The van der Waals surface area contributed by atoms with E-state index in [0.29, 0.717) is 6.42 Å². The van der Waals surface area contributed by atoms with E-state index in [0.717, 1.165) is 19.3 Å². The van der Waals surface area contributed by atoms with E-state index in [1.54, 1.807) is 0 Å². The van der Waals surface area contributed by atoms with Crippen molar-refractivity contribution in [1.82, 2.24) is 0 Å². The Bertz CT molecular complexity index is 186. The summed E-state index contributed by atoms with van der Waals surface area (Å²) in [5.41, 5.74) is 0. The third-order valence-corrected chi connectivity index (χ3v) is 2.32. The minimum Gasteiger partial charge on any atom is -0.469 e. The van der Waals surface area contributed by atoms with Crippen molar-refractivity contribution in [2.75, 3.05) is 7.11 Å². The van der Waals surface area contributed by atoms with Crippen molar-refractivity contribution in [2.45, 2.75) is 32.1 Å². The van der Waals surface area contributed by atoms with E-state index >= 15 is 0 Å². The van der Waals surface area contributed by atoms with Crippen LogP contribution in [0.25, 0.3) is 0 Å². The van der Waals surface area contributed by atoms with E-state index in [-0.39, 0.29) is 24.1 Å². The second-order valence-corrected chi connectivity index (χ2v) is 3.19. The molecule has 1 aliphatic rings. The molecular weight excluding hydrogens is 156 g/mol. The first-order chi connectivity index (χ1) is 5.74. The number of methoxy groups -OCH3 is 1. The van der Waals surface area contributed by atoms with E-state index in [9.17, 15) is 9.59 Å². The Labute approximate surface area is 72.1 Å². The van der Waals surface area contributed by atoms with Crippen LogP contribution in [0.1, 0.15) is 32.1 Å². The summed E-state index contributed by atoms with van der Waals surface area (Å²) in [6.45, 7) is 0. The van der Waals surface area contributed by atoms with Crippen molar-refractivity contribution in [3.05, 3.63) is 0 Å². The predicted molar refractivity (Wildman–Crippen MR) is 43.6 cm³/mol. The van der Waals surface area contributed by atoms with Crippen LogP contribution in [0.3, 0.4) is 0 Å². The SMILES string of the molecule is COC(=O)CC1CCCCC1=O. The number of carbonyl (C=O) groups excluding carboxylic acids is 2. The third-order valence-electron chi connectivity index (χ3n) is 2.32. The molecule has 0 aliphatic heterocycles. The van der Waals surface area contributed by atoms with Gasteiger partial charge in [0.25, 0.3) is 0 Å². The molecular formula is C9H14O3. The molecule has 0 aromatic rings. The minimum absolute atomic E-state index is 0.0637. The number of carbonyl (C=O) groups is 2. The van der Waals surface area contributed by atoms with Crippen molar-refractivity contribution in [2.24, 2.45) is 5.92 Å². The maximum Gasteiger partial charge on any atom is 0.306 e. The van der Waals surface area contributed by atoms with Gasteiger partial charge in [0.1, 0.15) is 5.78 Å². The van der Waals surface area contributed by atoms with Crippen LogP contribution in [-0.2, 0) is 14.3 Å². The highest BCUT2D eigenvalue weighted by Crippen LogP contribution is 2.23. The summed E-state index contributed by atoms with van der Waals surface area (Å²) in [6.07, 6.45) is 3.81. The first kappa shape index (κ1) is 9.23. The Kier molecular flexibility index (Phi) is 3.26. The molecule has 12 heavy (non-hydrogen) atoms. The van der Waals surface area contributed by atoms with E-state index < -0.39 is 0 Å². The average Bonchev–Trinajstić information content (AvgIpc) is 2.09. The van der Waals surface area contributed by atoms with Crippen LogP contribution in [0.2, 0.25) is 0 Å². The van der Waals surface area contributed by atoms with Crippen LogP contribution < -0.4 is 0 Å². The normalized spacial score (nSPS) is 23.8. The number of ether oxygens (including phenoxy) is 1. The molecule has 0 N–H and O–H groups in total. The van der Waals surface area contributed by atoms with Gasteiger partial charge in [0.2, 0.25) is 0 Å². The van der Waals surface area contributed by atoms with Gasteiger partial charge in [0.15, 0.2) is 0 Å². The molecule has 1 rings (SSSR count). The standard InChI is InChI=1S/C9H14O3/c1-12-9(11)6-7-4-2-3-5-8(7)10/h7H,2-6H2,1H3. The molecule has 0 spiro atoms. The molecule has 0 radical (unpaired) electrons. The Balaban J connectivity index is 2.39. The summed E-state index contributed by atoms with van der Waals surface area (Å²) in [6, 6.07) is 0. The second kappa shape index (κ2) is 4.24. The highest BCUT2D eigenvalue weighted by Gasteiger charge is 2.24. The molecule has 68 valence electrons. The molecule has 1 atom stereocenters. The lowest BCUT2D eigenvalue weighted by Crippen LogP contribution is -2.22. The van der Waals surface area contributed by atoms with Crippen molar-refractivity contribution in [3.8, 4) is 0 Å². The number of ketones is 1. The Morgan fingerprint density at radius 3 is 2.92 bits per heavy atom. The monoisotopic (exact) mass is 170 g/mol. The number of hydrogen-bond donors (Lipinski definition) is 0. The highest BCUT2D eigenvalue weighted by atomic mass is 16.5. The van der Waals surface area contributed by atoms with Gasteiger partial charge >= 0.3 is 5.97 Å². The molecule has 0 bridgehead atoms. The van der Waals surface area contributed by atoms with Crippen LogP contribution in [0.4, 0.5) is 0 Å². The number of hydrogen-bond acceptors (Lipinski definition) is 3. The molecule has 0 heterocycles. The number of Topliss-reactive ketones (excluding diaryl/α,β-unsaturated/α-hetero) is 1. The van der Waals surface area contributed by atoms with Crippen molar-refractivity contribution in [1.29, 1.82) is 0 Å². The lowest BCUT2D eigenvalue weighted by atomic mass is 9.86. The van der Waals surface area contributed by atoms with Gasteiger partial charge in [-0.1, -0.05) is 6.42 Å². The minimum atomic E-state index is -0.268. The van der Waals surface area contributed by atoms with Crippen molar-refractivity contribution < 1.29 is 14.3 Å². The van der Waals surface area contributed by atoms with Gasteiger partial charge in [-0.05, 0) is 12.8 Å². The Morgan fingerprint density at radius 2 is 2.33 bits per heavy atom. The molecule has 0 saturated heterocycles. The predicted octanol–water partition coefficient (Wildman–Crippen LogP) is 1.31. The summed E-state index contributed by atoms with van der Waals surface area (Å²) in [5.74, 6) is -0.104. The maximum atomic E-state index is 11.2. The number of esters is 1. The molecule has 1 fully saturated rings. The fourth-order valence-corrected chi connectivity index (χ4v) is 1.56. The van der Waals surface area contributed by atoms with Gasteiger partial charge in [-0.2, -0.15) is 0 Å². The first-order valence-corrected chi connectivity index (χ1v) is 4.33. The molecule has 0 aromatic carbocycles. The summed E-state index contributed by atoms with van der Waals surface area (Å²) >= 11 is 0.